The van der Waals surface area contributed by atoms with Crippen molar-refractivity contribution >= 4 is 27.6 Å². The molecule has 26 heavy (non-hydrogen) atoms. The monoisotopic (exact) mass is 381 g/mol. The summed E-state index contributed by atoms with van der Waals surface area (Å²) in [5.41, 5.74) is -0.846. The summed E-state index contributed by atoms with van der Waals surface area (Å²) >= 11 is 0. The van der Waals surface area contributed by atoms with E-state index in [1.54, 1.807) is 19.1 Å². The van der Waals surface area contributed by atoms with Crippen LogP contribution in [-0.4, -0.2) is 38.6 Å². The highest BCUT2D eigenvalue weighted by Gasteiger charge is 2.56. The quantitative estimate of drug-likeness (QED) is 0.567. The van der Waals surface area contributed by atoms with Gasteiger partial charge in [0, 0.05) is 6.42 Å². The number of carbonyl (C=O) groups is 3. The summed E-state index contributed by atoms with van der Waals surface area (Å²) in [5, 5.41) is 0. The number of Topliss-reactive ketones (excluding diaryl/α,β-unsaturated/α-hetero) is 2. The lowest BCUT2D eigenvalue weighted by atomic mass is 9.75. The molecular weight excluding hydrogens is 358 g/mol. The molecule has 1 aliphatic carbocycles. The first-order chi connectivity index (χ1) is 12.1. The fourth-order valence-corrected chi connectivity index (χ4v) is 4.53. The van der Waals surface area contributed by atoms with Gasteiger partial charge in [-0.2, -0.15) is 4.72 Å². The average Bonchev–Trinajstić information content (AvgIpc) is 2.95. The molecule has 1 saturated carbocycles. The number of hydrogen-bond acceptors (Lipinski definition) is 6. The van der Waals surface area contributed by atoms with Crippen LogP contribution in [0.3, 0.4) is 0 Å². The van der Waals surface area contributed by atoms with E-state index in [2.05, 4.69) is 4.72 Å². The predicted octanol–water partition coefficient (Wildman–Crippen LogP) is 1.53. The Bertz CT molecular complexity index is 815. The molecule has 0 bridgehead atoms. The smallest absolute Gasteiger partial charge is 0.325 e. The first-order valence-corrected chi connectivity index (χ1v) is 9.93. The lowest BCUT2D eigenvalue weighted by molar-refractivity contribution is -0.155. The molecule has 7 nitrogen and oxygen atoms in total. The zero-order valence-corrected chi connectivity index (χ0v) is 15.9. The average molecular weight is 381 g/mol. The molecule has 142 valence electrons. The maximum Gasteiger partial charge on any atom is 0.325 e. The third-order valence-electron chi connectivity index (χ3n) is 4.72. The molecule has 0 spiro atoms. The van der Waals surface area contributed by atoms with Gasteiger partial charge in [0.2, 0.25) is 10.0 Å². The summed E-state index contributed by atoms with van der Waals surface area (Å²) in [5.74, 6) is -1.90. The Morgan fingerprint density at radius 1 is 1.27 bits per heavy atom. The van der Waals surface area contributed by atoms with Gasteiger partial charge in [0.05, 0.1) is 11.5 Å². The standard InChI is InChI=1S/C18H23NO6S/c1-4-25-17(22)16(18(13(3)20)11-5-6-15(18)21)19-26(23,24)14-9-7-12(2)8-10-14/h7-10,16,19H,4-6,11H2,1-3H3. The number of ketones is 2. The van der Waals surface area contributed by atoms with Crippen molar-refractivity contribution in [1.29, 1.82) is 0 Å². The van der Waals surface area contributed by atoms with Crippen molar-refractivity contribution in [1.82, 2.24) is 4.72 Å². The second-order valence-electron chi connectivity index (χ2n) is 6.42. The molecule has 2 unspecified atom stereocenters. The molecule has 0 heterocycles. The van der Waals surface area contributed by atoms with Crippen molar-refractivity contribution < 1.29 is 27.5 Å². The first-order valence-electron chi connectivity index (χ1n) is 8.45. The van der Waals surface area contributed by atoms with Gasteiger partial charge in [-0.25, -0.2) is 8.42 Å². The van der Waals surface area contributed by atoms with Crippen LogP contribution < -0.4 is 4.72 Å². The van der Waals surface area contributed by atoms with Crippen molar-refractivity contribution in [3.63, 3.8) is 0 Å². The van der Waals surface area contributed by atoms with Crippen LogP contribution in [0.2, 0.25) is 0 Å². The van der Waals surface area contributed by atoms with Gasteiger partial charge in [-0.05, 0) is 45.7 Å². The Labute approximate surface area is 153 Å². The van der Waals surface area contributed by atoms with Crippen LogP contribution in [0.25, 0.3) is 0 Å². The molecule has 1 aromatic carbocycles. The van der Waals surface area contributed by atoms with Crippen LogP contribution in [0, 0.1) is 12.3 Å². The molecule has 1 N–H and O–H groups in total. The second-order valence-corrected chi connectivity index (χ2v) is 8.14. The SMILES string of the molecule is CCOC(=O)C(NS(=O)(=O)c1ccc(C)cc1)C1(C(C)=O)CCCC1=O. The highest BCUT2D eigenvalue weighted by atomic mass is 32.2. The van der Waals surface area contributed by atoms with Gasteiger partial charge in [-0.15, -0.1) is 0 Å². The summed E-state index contributed by atoms with van der Waals surface area (Å²) in [6.45, 7) is 4.59. The van der Waals surface area contributed by atoms with E-state index in [0.29, 0.717) is 6.42 Å². The fourth-order valence-electron chi connectivity index (χ4n) is 3.29. The molecule has 1 aromatic rings. The highest BCUT2D eigenvalue weighted by molar-refractivity contribution is 7.89. The zero-order chi connectivity index (χ0) is 19.5. The topological polar surface area (TPSA) is 107 Å². The molecular formula is C18H23NO6S. The van der Waals surface area contributed by atoms with E-state index < -0.39 is 39.0 Å². The number of benzene rings is 1. The predicted molar refractivity (Wildman–Crippen MR) is 93.9 cm³/mol. The third kappa shape index (κ3) is 3.71. The summed E-state index contributed by atoms with van der Waals surface area (Å²) < 4.78 is 32.7. The van der Waals surface area contributed by atoms with Crippen LogP contribution >= 0.6 is 0 Å². The van der Waals surface area contributed by atoms with Gasteiger partial charge in [-0.3, -0.25) is 14.4 Å². The molecule has 0 radical (unpaired) electrons. The van der Waals surface area contributed by atoms with Gasteiger partial charge in [0.25, 0.3) is 0 Å². The lowest BCUT2D eigenvalue weighted by Crippen LogP contribution is -2.58. The molecule has 1 aliphatic rings. The number of carbonyl (C=O) groups excluding carboxylic acids is 3. The fraction of sp³-hybridized carbons (Fsp3) is 0.500. The van der Waals surface area contributed by atoms with Gasteiger partial charge < -0.3 is 4.74 Å². The number of rotatable bonds is 7. The maximum atomic E-state index is 12.7. The Morgan fingerprint density at radius 2 is 1.88 bits per heavy atom. The molecule has 0 amide bonds. The van der Waals surface area contributed by atoms with Crippen molar-refractivity contribution in [3.8, 4) is 0 Å². The molecule has 2 rings (SSSR count). The van der Waals surface area contributed by atoms with Gasteiger partial charge >= 0.3 is 5.97 Å². The summed E-state index contributed by atoms with van der Waals surface area (Å²) in [7, 11) is -4.13. The first kappa shape index (κ1) is 20.3. The maximum absolute atomic E-state index is 12.7. The Balaban J connectivity index is 2.48. The summed E-state index contributed by atoms with van der Waals surface area (Å²) in [4.78, 5) is 37.3. The molecule has 0 aromatic heterocycles. The van der Waals surface area contributed by atoms with E-state index in [9.17, 15) is 22.8 Å². The molecule has 2 atom stereocenters. The second kappa shape index (κ2) is 7.67. The Kier molecular flexibility index (Phi) is 5.98. The van der Waals surface area contributed by atoms with E-state index in [4.69, 9.17) is 4.74 Å². The van der Waals surface area contributed by atoms with Crippen LogP contribution in [-0.2, 0) is 29.1 Å². The lowest BCUT2D eigenvalue weighted by Gasteiger charge is -2.32. The van der Waals surface area contributed by atoms with Gasteiger partial charge in [-0.1, -0.05) is 17.7 Å². The highest BCUT2D eigenvalue weighted by Crippen LogP contribution is 2.40. The van der Waals surface area contributed by atoms with E-state index in [0.717, 1.165) is 5.56 Å². The summed E-state index contributed by atoms with van der Waals surface area (Å²) in [6, 6.07) is 4.46. The largest absolute Gasteiger partial charge is 0.465 e. The Morgan fingerprint density at radius 3 is 2.35 bits per heavy atom. The number of ether oxygens (including phenoxy) is 1. The van der Waals surface area contributed by atoms with Crippen molar-refractivity contribution in [2.24, 2.45) is 5.41 Å². The number of nitrogens with one attached hydrogen (secondary N) is 1. The summed E-state index contributed by atoms with van der Waals surface area (Å²) in [6.07, 6.45) is 0.656. The van der Waals surface area contributed by atoms with E-state index in [-0.39, 0.29) is 24.3 Å². The van der Waals surface area contributed by atoms with Crippen LogP contribution in [0.1, 0.15) is 38.7 Å². The zero-order valence-electron chi connectivity index (χ0n) is 15.1. The van der Waals surface area contributed by atoms with E-state index in [1.165, 1.54) is 19.1 Å². The van der Waals surface area contributed by atoms with Crippen LogP contribution in [0.5, 0.6) is 0 Å². The van der Waals surface area contributed by atoms with Gasteiger partial charge in [0.1, 0.15) is 23.0 Å². The molecule has 0 aliphatic heterocycles. The number of esters is 1. The molecule has 8 heteroatoms. The van der Waals surface area contributed by atoms with Crippen LogP contribution in [0.4, 0.5) is 0 Å². The third-order valence-corrected chi connectivity index (χ3v) is 6.16. The van der Waals surface area contributed by atoms with Crippen LogP contribution in [0.15, 0.2) is 29.2 Å². The number of aryl methyl sites for hydroxylation is 1. The number of sulfonamides is 1. The van der Waals surface area contributed by atoms with Crippen molar-refractivity contribution in [3.05, 3.63) is 29.8 Å². The minimum absolute atomic E-state index is 0.00374. The normalized spacial score (nSPS) is 21.4. The minimum Gasteiger partial charge on any atom is -0.465 e. The molecule has 0 saturated heterocycles. The van der Waals surface area contributed by atoms with Crippen molar-refractivity contribution in [2.75, 3.05) is 6.61 Å². The van der Waals surface area contributed by atoms with E-state index >= 15 is 0 Å². The van der Waals surface area contributed by atoms with Gasteiger partial charge in [0.15, 0.2) is 0 Å². The number of hydrogen-bond donors (Lipinski definition) is 1. The minimum atomic E-state index is -4.13. The van der Waals surface area contributed by atoms with Crippen molar-refractivity contribution in [2.45, 2.75) is 51.0 Å². The molecule has 1 fully saturated rings. The van der Waals surface area contributed by atoms with E-state index in [1.807, 2.05) is 6.92 Å². The Hall–Kier alpha value is -2.06.